The second-order valence-corrected chi connectivity index (χ2v) is 6.31. The highest BCUT2D eigenvalue weighted by atomic mass is 35.5. The van der Waals surface area contributed by atoms with Crippen LogP contribution in [-0.4, -0.2) is 36.8 Å². The SMILES string of the molecule is CN(C)CC(c1ccccc1Cl)[C@H]1CCCC[C@@H]1O.Cl. The summed E-state index contributed by atoms with van der Waals surface area (Å²) in [6.45, 7) is 0.936. The summed E-state index contributed by atoms with van der Waals surface area (Å²) in [4.78, 5) is 2.19. The highest BCUT2D eigenvalue weighted by Crippen LogP contribution is 2.39. The molecule has 20 heavy (non-hydrogen) atoms. The lowest BCUT2D eigenvalue weighted by atomic mass is 9.75. The zero-order chi connectivity index (χ0) is 13.8. The second kappa shape index (κ2) is 8.23. The fraction of sp³-hybridized carbons (Fsp3) is 0.625. The molecule has 114 valence electrons. The van der Waals surface area contributed by atoms with Crippen molar-refractivity contribution in [3.05, 3.63) is 34.9 Å². The zero-order valence-electron chi connectivity index (χ0n) is 12.3. The fourth-order valence-corrected chi connectivity index (χ4v) is 3.52. The molecule has 0 radical (unpaired) electrons. The Morgan fingerprint density at radius 3 is 2.50 bits per heavy atom. The third-order valence-electron chi connectivity index (χ3n) is 4.16. The summed E-state index contributed by atoms with van der Waals surface area (Å²) in [5.74, 6) is 0.648. The maximum atomic E-state index is 10.3. The van der Waals surface area contributed by atoms with Gasteiger partial charge in [-0.25, -0.2) is 0 Å². The zero-order valence-corrected chi connectivity index (χ0v) is 13.8. The lowest BCUT2D eigenvalue weighted by molar-refractivity contribution is 0.0494. The van der Waals surface area contributed by atoms with Crippen molar-refractivity contribution in [1.82, 2.24) is 4.90 Å². The van der Waals surface area contributed by atoms with Crippen LogP contribution >= 0.6 is 24.0 Å². The second-order valence-electron chi connectivity index (χ2n) is 5.91. The molecule has 1 saturated carbocycles. The Balaban J connectivity index is 0.00000200. The molecule has 1 aliphatic carbocycles. The van der Waals surface area contributed by atoms with E-state index in [4.69, 9.17) is 11.6 Å². The van der Waals surface area contributed by atoms with Crippen LogP contribution in [0.3, 0.4) is 0 Å². The Labute approximate surface area is 133 Å². The molecule has 2 nitrogen and oxygen atoms in total. The molecule has 0 bridgehead atoms. The summed E-state index contributed by atoms with van der Waals surface area (Å²) >= 11 is 6.37. The van der Waals surface area contributed by atoms with E-state index in [0.29, 0.717) is 11.8 Å². The molecule has 0 heterocycles. The molecule has 0 saturated heterocycles. The van der Waals surface area contributed by atoms with E-state index < -0.39 is 0 Å². The van der Waals surface area contributed by atoms with E-state index in [1.54, 1.807) is 0 Å². The minimum atomic E-state index is -0.185. The highest BCUT2D eigenvalue weighted by Gasteiger charge is 2.32. The first kappa shape index (κ1) is 17.8. The number of likely N-dealkylation sites (N-methyl/N-ethyl adjacent to an activating group) is 1. The van der Waals surface area contributed by atoms with E-state index in [2.05, 4.69) is 25.1 Å². The predicted octanol–water partition coefficient (Wildman–Crippen LogP) is 3.96. The van der Waals surface area contributed by atoms with Crippen LogP contribution < -0.4 is 0 Å². The molecule has 1 aromatic rings. The van der Waals surface area contributed by atoms with Crippen LogP contribution in [0.1, 0.15) is 37.2 Å². The normalized spacial score (nSPS) is 24.2. The van der Waals surface area contributed by atoms with Crippen LogP contribution in [0.25, 0.3) is 0 Å². The third kappa shape index (κ3) is 4.36. The van der Waals surface area contributed by atoms with Crippen molar-refractivity contribution in [3.8, 4) is 0 Å². The first-order valence-corrected chi connectivity index (χ1v) is 7.54. The molecule has 0 aliphatic heterocycles. The van der Waals surface area contributed by atoms with Crippen molar-refractivity contribution in [2.24, 2.45) is 5.92 Å². The number of rotatable bonds is 4. The van der Waals surface area contributed by atoms with Crippen molar-refractivity contribution in [1.29, 1.82) is 0 Å². The van der Waals surface area contributed by atoms with E-state index in [-0.39, 0.29) is 18.5 Å². The molecule has 2 rings (SSSR count). The summed E-state index contributed by atoms with van der Waals surface area (Å²) in [5, 5.41) is 11.2. The van der Waals surface area contributed by atoms with E-state index in [1.807, 2.05) is 18.2 Å². The lowest BCUT2D eigenvalue weighted by Crippen LogP contribution is -2.35. The van der Waals surface area contributed by atoms with Crippen LogP contribution in [0.15, 0.2) is 24.3 Å². The summed E-state index contributed by atoms with van der Waals surface area (Å²) in [6.07, 6.45) is 4.21. The van der Waals surface area contributed by atoms with Gasteiger partial charge in [0.05, 0.1) is 6.10 Å². The number of benzene rings is 1. The largest absolute Gasteiger partial charge is 0.393 e. The Hall–Kier alpha value is -0.280. The Kier molecular flexibility index (Phi) is 7.32. The molecule has 0 aromatic heterocycles. The van der Waals surface area contributed by atoms with Gasteiger partial charge >= 0.3 is 0 Å². The van der Waals surface area contributed by atoms with E-state index in [9.17, 15) is 5.11 Å². The molecule has 3 atom stereocenters. The average Bonchev–Trinajstić information content (AvgIpc) is 2.37. The Morgan fingerprint density at radius 1 is 1.25 bits per heavy atom. The van der Waals surface area contributed by atoms with E-state index in [0.717, 1.165) is 30.8 Å². The van der Waals surface area contributed by atoms with Crippen LogP contribution in [0, 0.1) is 5.92 Å². The minimum absolute atomic E-state index is 0. The van der Waals surface area contributed by atoms with Crippen LogP contribution in [0.2, 0.25) is 5.02 Å². The van der Waals surface area contributed by atoms with Gasteiger partial charge in [0, 0.05) is 17.5 Å². The van der Waals surface area contributed by atoms with Gasteiger partial charge in [-0.05, 0) is 44.5 Å². The van der Waals surface area contributed by atoms with Gasteiger partial charge in [0.2, 0.25) is 0 Å². The standard InChI is InChI=1S/C16H24ClNO.ClH/c1-18(2)11-14(12-7-3-5-9-15(12)17)13-8-4-6-10-16(13)19;/h3,5,7,9,13-14,16,19H,4,6,8,10-11H2,1-2H3;1H/t13-,14?,16+;/m1./s1. The molecular formula is C16H25Cl2NO. The molecular weight excluding hydrogens is 293 g/mol. The van der Waals surface area contributed by atoms with Crippen LogP contribution in [0.5, 0.6) is 0 Å². The number of hydrogen-bond acceptors (Lipinski definition) is 2. The average molecular weight is 318 g/mol. The molecule has 4 heteroatoms. The van der Waals surface area contributed by atoms with Crippen molar-refractivity contribution in [2.75, 3.05) is 20.6 Å². The topological polar surface area (TPSA) is 23.5 Å². The van der Waals surface area contributed by atoms with Crippen molar-refractivity contribution in [2.45, 2.75) is 37.7 Å². The van der Waals surface area contributed by atoms with Crippen molar-refractivity contribution >= 4 is 24.0 Å². The molecule has 1 aromatic carbocycles. The number of hydrogen-bond donors (Lipinski definition) is 1. The summed E-state index contributed by atoms with van der Waals surface area (Å²) < 4.78 is 0. The van der Waals surface area contributed by atoms with Gasteiger partial charge < -0.3 is 10.0 Å². The van der Waals surface area contributed by atoms with Gasteiger partial charge in [0.25, 0.3) is 0 Å². The Morgan fingerprint density at radius 2 is 1.90 bits per heavy atom. The summed E-state index contributed by atoms with van der Waals surface area (Å²) in [6, 6.07) is 8.07. The van der Waals surface area contributed by atoms with Gasteiger partial charge in [-0.15, -0.1) is 12.4 Å². The van der Waals surface area contributed by atoms with Crippen molar-refractivity contribution in [3.63, 3.8) is 0 Å². The molecule has 0 spiro atoms. The fourth-order valence-electron chi connectivity index (χ4n) is 3.24. The summed E-state index contributed by atoms with van der Waals surface area (Å²) in [7, 11) is 4.16. The smallest absolute Gasteiger partial charge is 0.0574 e. The minimum Gasteiger partial charge on any atom is -0.393 e. The lowest BCUT2D eigenvalue weighted by Gasteiger charge is -2.36. The van der Waals surface area contributed by atoms with Gasteiger partial charge in [0.1, 0.15) is 0 Å². The molecule has 0 amide bonds. The Bertz CT molecular complexity index is 411. The van der Waals surface area contributed by atoms with E-state index in [1.165, 1.54) is 12.0 Å². The van der Waals surface area contributed by atoms with Gasteiger partial charge in [-0.3, -0.25) is 0 Å². The summed E-state index contributed by atoms with van der Waals surface area (Å²) in [5.41, 5.74) is 1.18. The number of halogens is 2. The number of aliphatic hydroxyl groups excluding tert-OH is 1. The van der Waals surface area contributed by atoms with Gasteiger partial charge in [-0.2, -0.15) is 0 Å². The van der Waals surface area contributed by atoms with E-state index >= 15 is 0 Å². The monoisotopic (exact) mass is 317 g/mol. The van der Waals surface area contributed by atoms with Crippen LogP contribution in [-0.2, 0) is 0 Å². The number of aliphatic hydroxyl groups is 1. The van der Waals surface area contributed by atoms with Gasteiger partial charge in [-0.1, -0.05) is 42.6 Å². The van der Waals surface area contributed by atoms with Crippen molar-refractivity contribution < 1.29 is 5.11 Å². The molecule has 1 fully saturated rings. The highest BCUT2D eigenvalue weighted by molar-refractivity contribution is 6.31. The maximum Gasteiger partial charge on any atom is 0.0574 e. The quantitative estimate of drug-likeness (QED) is 0.908. The maximum absolute atomic E-state index is 10.3. The first-order valence-electron chi connectivity index (χ1n) is 7.17. The van der Waals surface area contributed by atoms with Gasteiger partial charge in [0.15, 0.2) is 0 Å². The van der Waals surface area contributed by atoms with Crippen LogP contribution in [0.4, 0.5) is 0 Å². The molecule has 1 N–H and O–H groups in total. The number of nitrogens with zero attached hydrogens (tertiary/aromatic N) is 1. The molecule has 1 unspecified atom stereocenters. The molecule has 1 aliphatic rings. The third-order valence-corrected chi connectivity index (χ3v) is 4.51. The predicted molar refractivity (Wildman–Crippen MR) is 88.0 cm³/mol. The first-order chi connectivity index (χ1) is 9.09.